The van der Waals surface area contributed by atoms with Crippen LogP contribution in [0.2, 0.25) is 0 Å². The van der Waals surface area contributed by atoms with Crippen LogP contribution in [-0.4, -0.2) is 8.76 Å². The summed E-state index contributed by atoms with van der Waals surface area (Å²) in [5.41, 5.74) is 0.508. The first-order valence-corrected chi connectivity index (χ1v) is 4.42. The van der Waals surface area contributed by atoms with Crippen LogP contribution in [0.4, 0.5) is 0 Å². The van der Waals surface area contributed by atoms with Crippen molar-refractivity contribution in [3.05, 3.63) is 35.9 Å². The Morgan fingerprint density at radius 2 is 2.00 bits per heavy atom. The standard InChI is InChI=1S/C8H7NO2S/c9-6-8(12(10)11)7-4-2-1-3-5-7/h1-5,8H,(H,10,11)/p-1. The molecule has 4 heteroatoms. The first-order valence-electron chi connectivity index (χ1n) is 3.28. The normalized spacial score (nSPS) is 14.7. The fourth-order valence-electron chi connectivity index (χ4n) is 0.857. The van der Waals surface area contributed by atoms with Crippen LogP contribution in [0.1, 0.15) is 10.8 Å². The molecule has 0 heterocycles. The molecule has 0 N–H and O–H groups in total. The van der Waals surface area contributed by atoms with E-state index in [0.717, 1.165) is 0 Å². The molecule has 1 aromatic carbocycles. The topological polar surface area (TPSA) is 63.9 Å². The molecule has 0 bridgehead atoms. The number of hydrogen-bond donors (Lipinski definition) is 0. The molecule has 0 aromatic heterocycles. The fraction of sp³-hybridized carbons (Fsp3) is 0.125. The fourth-order valence-corrected chi connectivity index (χ4v) is 1.32. The average molecular weight is 180 g/mol. The molecular weight excluding hydrogens is 174 g/mol. The molecular formula is C8H6NO2S-. The summed E-state index contributed by atoms with van der Waals surface area (Å²) in [4.78, 5) is 0. The number of nitrogens with zero attached hydrogens (tertiary/aromatic N) is 1. The third-order valence-electron chi connectivity index (χ3n) is 1.41. The van der Waals surface area contributed by atoms with Crippen LogP contribution in [0.25, 0.3) is 0 Å². The number of nitriles is 1. The smallest absolute Gasteiger partial charge is 0.133 e. The minimum absolute atomic E-state index is 0.508. The van der Waals surface area contributed by atoms with E-state index < -0.39 is 16.3 Å². The predicted octanol–water partition coefficient (Wildman–Crippen LogP) is 1.13. The van der Waals surface area contributed by atoms with Gasteiger partial charge in [0.15, 0.2) is 0 Å². The molecule has 0 aliphatic carbocycles. The van der Waals surface area contributed by atoms with E-state index in [4.69, 9.17) is 5.26 Å². The van der Waals surface area contributed by atoms with Gasteiger partial charge in [0.1, 0.15) is 5.25 Å². The molecule has 0 saturated carbocycles. The average Bonchev–Trinajstić information content (AvgIpc) is 2.07. The summed E-state index contributed by atoms with van der Waals surface area (Å²) in [7, 11) is 0. The maximum atomic E-state index is 10.5. The maximum Gasteiger partial charge on any atom is 0.133 e. The van der Waals surface area contributed by atoms with Crippen molar-refractivity contribution in [1.82, 2.24) is 0 Å². The van der Waals surface area contributed by atoms with Crippen molar-refractivity contribution in [2.24, 2.45) is 0 Å². The summed E-state index contributed by atoms with van der Waals surface area (Å²) in [5.74, 6) is 0. The van der Waals surface area contributed by atoms with Gasteiger partial charge in [-0.25, -0.2) is 0 Å². The summed E-state index contributed by atoms with van der Waals surface area (Å²) < 4.78 is 21.0. The van der Waals surface area contributed by atoms with Gasteiger partial charge >= 0.3 is 0 Å². The van der Waals surface area contributed by atoms with E-state index in [1.807, 2.05) is 0 Å². The Labute approximate surface area is 72.9 Å². The number of benzene rings is 1. The molecule has 62 valence electrons. The molecule has 0 aliphatic rings. The molecule has 1 rings (SSSR count). The Morgan fingerprint density at radius 1 is 1.42 bits per heavy atom. The number of hydrogen-bond acceptors (Lipinski definition) is 3. The Morgan fingerprint density at radius 3 is 2.42 bits per heavy atom. The van der Waals surface area contributed by atoms with Crippen molar-refractivity contribution in [2.75, 3.05) is 0 Å². The molecule has 0 fully saturated rings. The van der Waals surface area contributed by atoms with Crippen molar-refractivity contribution in [3.8, 4) is 6.07 Å². The first-order chi connectivity index (χ1) is 5.75. The van der Waals surface area contributed by atoms with Gasteiger partial charge in [-0.1, -0.05) is 30.3 Å². The van der Waals surface area contributed by atoms with Crippen molar-refractivity contribution in [1.29, 1.82) is 5.26 Å². The zero-order valence-electron chi connectivity index (χ0n) is 6.14. The zero-order valence-corrected chi connectivity index (χ0v) is 6.95. The predicted molar refractivity (Wildman–Crippen MR) is 43.7 cm³/mol. The highest BCUT2D eigenvalue weighted by atomic mass is 32.2. The summed E-state index contributed by atoms with van der Waals surface area (Å²) in [6.45, 7) is 0. The summed E-state index contributed by atoms with van der Waals surface area (Å²) in [6, 6.07) is 10.1. The minimum atomic E-state index is -2.37. The van der Waals surface area contributed by atoms with Gasteiger partial charge in [0.25, 0.3) is 0 Å². The van der Waals surface area contributed by atoms with E-state index >= 15 is 0 Å². The SMILES string of the molecule is N#CC(c1ccccc1)S(=O)[O-]. The molecule has 0 aliphatic heterocycles. The van der Waals surface area contributed by atoms with E-state index in [-0.39, 0.29) is 0 Å². The van der Waals surface area contributed by atoms with Gasteiger partial charge in [0.05, 0.1) is 6.07 Å². The Bertz CT molecular complexity index is 318. The van der Waals surface area contributed by atoms with E-state index in [1.165, 1.54) is 0 Å². The highest BCUT2D eigenvalue weighted by Gasteiger charge is 2.08. The molecule has 3 nitrogen and oxygen atoms in total. The Balaban J connectivity index is 2.98. The highest BCUT2D eigenvalue weighted by molar-refractivity contribution is 7.79. The van der Waals surface area contributed by atoms with E-state index in [9.17, 15) is 8.76 Å². The molecule has 0 amide bonds. The van der Waals surface area contributed by atoms with Gasteiger partial charge < -0.3 is 4.55 Å². The van der Waals surface area contributed by atoms with Crippen molar-refractivity contribution in [2.45, 2.75) is 5.25 Å². The lowest BCUT2D eigenvalue weighted by Gasteiger charge is -2.11. The van der Waals surface area contributed by atoms with Crippen molar-refractivity contribution < 1.29 is 8.76 Å². The maximum absolute atomic E-state index is 10.5. The van der Waals surface area contributed by atoms with Crippen LogP contribution in [0.5, 0.6) is 0 Å². The first kappa shape index (κ1) is 8.91. The van der Waals surface area contributed by atoms with Gasteiger partial charge in [-0.15, -0.1) is 0 Å². The Hall–Kier alpha value is -1.18. The van der Waals surface area contributed by atoms with E-state index in [1.54, 1.807) is 36.4 Å². The minimum Gasteiger partial charge on any atom is -0.771 e. The lowest BCUT2D eigenvalue weighted by Crippen LogP contribution is -2.02. The van der Waals surface area contributed by atoms with Crippen LogP contribution in [0, 0.1) is 11.3 Å². The quantitative estimate of drug-likeness (QED) is 0.641. The van der Waals surface area contributed by atoms with Crippen molar-refractivity contribution in [3.63, 3.8) is 0 Å². The third-order valence-corrected chi connectivity index (χ3v) is 2.17. The number of rotatable bonds is 2. The largest absolute Gasteiger partial charge is 0.771 e. The van der Waals surface area contributed by atoms with Gasteiger partial charge in [0.2, 0.25) is 0 Å². The molecule has 2 atom stereocenters. The summed E-state index contributed by atoms with van der Waals surface area (Å²) in [6.07, 6.45) is 0. The van der Waals surface area contributed by atoms with Gasteiger partial charge in [0, 0.05) is 0 Å². The lowest BCUT2D eigenvalue weighted by atomic mass is 10.2. The van der Waals surface area contributed by atoms with Crippen LogP contribution in [-0.2, 0) is 11.1 Å². The van der Waals surface area contributed by atoms with E-state index in [2.05, 4.69) is 0 Å². The molecule has 1 aromatic rings. The Kier molecular flexibility index (Phi) is 2.97. The monoisotopic (exact) mass is 180 g/mol. The van der Waals surface area contributed by atoms with Crippen LogP contribution in [0.15, 0.2) is 30.3 Å². The van der Waals surface area contributed by atoms with Crippen LogP contribution in [0.3, 0.4) is 0 Å². The third kappa shape index (κ3) is 1.91. The lowest BCUT2D eigenvalue weighted by molar-refractivity contribution is 0.532. The highest BCUT2D eigenvalue weighted by Crippen LogP contribution is 2.16. The van der Waals surface area contributed by atoms with Crippen molar-refractivity contribution >= 4 is 11.1 Å². The van der Waals surface area contributed by atoms with Gasteiger partial charge in [-0.3, -0.25) is 4.21 Å². The van der Waals surface area contributed by atoms with Crippen LogP contribution < -0.4 is 0 Å². The second-order valence-corrected chi connectivity index (χ2v) is 3.17. The molecule has 0 spiro atoms. The second-order valence-electron chi connectivity index (χ2n) is 2.18. The van der Waals surface area contributed by atoms with Gasteiger partial charge in [-0.05, 0) is 16.6 Å². The molecule has 0 saturated heterocycles. The summed E-state index contributed by atoms with van der Waals surface area (Å²) >= 11 is -2.37. The summed E-state index contributed by atoms with van der Waals surface area (Å²) in [5, 5.41) is 7.46. The van der Waals surface area contributed by atoms with Gasteiger partial charge in [-0.2, -0.15) is 5.26 Å². The van der Waals surface area contributed by atoms with E-state index in [0.29, 0.717) is 5.56 Å². The second kappa shape index (κ2) is 4.00. The molecule has 12 heavy (non-hydrogen) atoms. The molecule has 0 radical (unpaired) electrons. The molecule has 2 unspecified atom stereocenters. The van der Waals surface area contributed by atoms with Crippen LogP contribution >= 0.6 is 0 Å². The zero-order chi connectivity index (χ0) is 8.97.